The molecule has 0 bridgehead atoms. The molecule has 1 aromatic carbocycles. The van der Waals surface area contributed by atoms with Gasteiger partial charge in [0, 0.05) is 18.0 Å². The van der Waals surface area contributed by atoms with Gasteiger partial charge in [-0.1, -0.05) is 18.2 Å². The number of carbonyl (C=O) groups excluding carboxylic acids is 1. The van der Waals surface area contributed by atoms with Crippen molar-refractivity contribution in [1.29, 1.82) is 0 Å². The molecule has 0 radical (unpaired) electrons. The number of piperidine rings is 1. The Bertz CT molecular complexity index is 573. The second-order valence-electron chi connectivity index (χ2n) is 5.06. The highest BCUT2D eigenvalue weighted by Crippen LogP contribution is 2.27. The lowest BCUT2D eigenvalue weighted by atomic mass is 9.95. The van der Waals surface area contributed by atoms with E-state index in [1.54, 1.807) is 18.3 Å². The molecule has 0 saturated carbocycles. The largest absolute Gasteiger partial charge is 0.319 e. The Morgan fingerprint density at radius 1 is 1.30 bits per heavy atom. The summed E-state index contributed by atoms with van der Waals surface area (Å²) in [6, 6.07) is 9.22. The SMILES string of the molecule is O=C(Nc1cn[nH]c1[C@@H]1CCCNC1)c1ccccc1. The minimum atomic E-state index is -0.1000. The van der Waals surface area contributed by atoms with Gasteiger partial charge in [0.15, 0.2) is 0 Å². The van der Waals surface area contributed by atoms with Gasteiger partial charge in [-0.05, 0) is 31.5 Å². The van der Waals surface area contributed by atoms with Crippen LogP contribution in [0.4, 0.5) is 5.69 Å². The zero-order valence-corrected chi connectivity index (χ0v) is 11.2. The molecule has 0 aliphatic carbocycles. The van der Waals surface area contributed by atoms with Crippen LogP contribution in [0.3, 0.4) is 0 Å². The Balaban J connectivity index is 1.75. The highest BCUT2D eigenvalue weighted by molar-refractivity contribution is 6.04. The average Bonchev–Trinajstić information content (AvgIpc) is 2.97. The second-order valence-corrected chi connectivity index (χ2v) is 5.06. The highest BCUT2D eigenvalue weighted by atomic mass is 16.1. The summed E-state index contributed by atoms with van der Waals surface area (Å²) in [4.78, 5) is 12.2. The molecule has 1 amide bonds. The molecule has 5 nitrogen and oxygen atoms in total. The summed E-state index contributed by atoms with van der Waals surface area (Å²) in [6.07, 6.45) is 3.95. The van der Waals surface area contributed by atoms with Crippen LogP contribution in [-0.2, 0) is 0 Å². The molecule has 0 spiro atoms. The summed E-state index contributed by atoms with van der Waals surface area (Å²) in [6.45, 7) is 1.99. The average molecular weight is 270 g/mol. The number of carbonyl (C=O) groups is 1. The van der Waals surface area contributed by atoms with E-state index in [1.807, 2.05) is 18.2 Å². The summed E-state index contributed by atoms with van der Waals surface area (Å²) < 4.78 is 0. The zero-order valence-electron chi connectivity index (χ0n) is 11.2. The van der Waals surface area contributed by atoms with Crippen LogP contribution >= 0.6 is 0 Å². The predicted octanol–water partition coefficient (Wildman–Crippen LogP) is 2.13. The Morgan fingerprint density at radius 3 is 2.90 bits per heavy atom. The molecule has 5 heteroatoms. The fourth-order valence-electron chi connectivity index (χ4n) is 2.59. The molecule has 3 rings (SSSR count). The van der Waals surface area contributed by atoms with Crippen LogP contribution < -0.4 is 10.6 Å². The van der Waals surface area contributed by atoms with Gasteiger partial charge in [0.05, 0.1) is 17.6 Å². The summed E-state index contributed by atoms with van der Waals surface area (Å²) in [5.41, 5.74) is 2.45. The lowest BCUT2D eigenvalue weighted by Crippen LogP contribution is -2.29. The first kappa shape index (κ1) is 12.9. The number of anilines is 1. The molecule has 1 saturated heterocycles. The third kappa shape index (κ3) is 2.72. The van der Waals surface area contributed by atoms with Gasteiger partial charge in [-0.3, -0.25) is 9.89 Å². The highest BCUT2D eigenvalue weighted by Gasteiger charge is 2.21. The van der Waals surface area contributed by atoms with Crippen molar-refractivity contribution in [2.45, 2.75) is 18.8 Å². The van der Waals surface area contributed by atoms with Crippen molar-refractivity contribution < 1.29 is 4.79 Å². The van der Waals surface area contributed by atoms with E-state index in [4.69, 9.17) is 0 Å². The van der Waals surface area contributed by atoms with E-state index in [0.717, 1.165) is 37.3 Å². The third-order valence-electron chi connectivity index (χ3n) is 3.66. The van der Waals surface area contributed by atoms with Gasteiger partial charge < -0.3 is 10.6 Å². The number of hydrogen-bond donors (Lipinski definition) is 3. The first-order valence-corrected chi connectivity index (χ1v) is 6.95. The molecule has 1 aromatic heterocycles. The van der Waals surface area contributed by atoms with Crippen LogP contribution in [0.5, 0.6) is 0 Å². The van der Waals surface area contributed by atoms with E-state index in [9.17, 15) is 4.79 Å². The second kappa shape index (κ2) is 5.88. The normalized spacial score (nSPS) is 18.7. The number of amides is 1. The summed E-state index contributed by atoms with van der Waals surface area (Å²) >= 11 is 0. The van der Waals surface area contributed by atoms with Gasteiger partial charge in [0.25, 0.3) is 5.91 Å². The number of hydrogen-bond acceptors (Lipinski definition) is 3. The topological polar surface area (TPSA) is 69.8 Å². The third-order valence-corrected chi connectivity index (χ3v) is 3.66. The van der Waals surface area contributed by atoms with Gasteiger partial charge in [0.2, 0.25) is 0 Å². The van der Waals surface area contributed by atoms with Crippen LogP contribution in [-0.4, -0.2) is 29.2 Å². The molecule has 1 atom stereocenters. The number of aromatic nitrogens is 2. The molecule has 2 heterocycles. The summed E-state index contributed by atoms with van der Waals surface area (Å²) in [5.74, 6) is 0.286. The first-order chi connectivity index (χ1) is 9.84. The van der Waals surface area contributed by atoms with E-state index >= 15 is 0 Å². The number of nitrogens with one attached hydrogen (secondary N) is 3. The summed E-state index contributed by atoms with van der Waals surface area (Å²) in [7, 11) is 0. The van der Waals surface area contributed by atoms with E-state index in [-0.39, 0.29) is 5.91 Å². The smallest absolute Gasteiger partial charge is 0.255 e. The number of H-pyrrole nitrogens is 1. The van der Waals surface area contributed by atoms with Crippen LogP contribution in [0.1, 0.15) is 34.8 Å². The minimum Gasteiger partial charge on any atom is -0.319 e. The van der Waals surface area contributed by atoms with Crippen LogP contribution in [0, 0.1) is 0 Å². The molecule has 1 fully saturated rings. The summed E-state index contributed by atoms with van der Waals surface area (Å²) in [5, 5.41) is 13.4. The van der Waals surface area contributed by atoms with Crippen molar-refractivity contribution in [2.24, 2.45) is 0 Å². The van der Waals surface area contributed by atoms with Crippen molar-refractivity contribution >= 4 is 11.6 Å². The van der Waals surface area contributed by atoms with Crippen molar-refractivity contribution in [3.8, 4) is 0 Å². The van der Waals surface area contributed by atoms with Gasteiger partial charge in [-0.25, -0.2) is 0 Å². The van der Waals surface area contributed by atoms with Gasteiger partial charge in [-0.15, -0.1) is 0 Å². The van der Waals surface area contributed by atoms with E-state index in [1.165, 1.54) is 0 Å². The number of aromatic amines is 1. The fraction of sp³-hybridized carbons (Fsp3) is 0.333. The molecule has 104 valence electrons. The monoisotopic (exact) mass is 270 g/mol. The van der Waals surface area contributed by atoms with Gasteiger partial charge in [-0.2, -0.15) is 5.10 Å². The zero-order chi connectivity index (χ0) is 13.8. The molecule has 0 unspecified atom stereocenters. The Morgan fingerprint density at radius 2 is 2.15 bits per heavy atom. The Kier molecular flexibility index (Phi) is 3.78. The molecule has 3 N–H and O–H groups in total. The quantitative estimate of drug-likeness (QED) is 0.800. The minimum absolute atomic E-state index is 0.1000. The van der Waals surface area contributed by atoms with Crippen molar-refractivity contribution in [3.05, 3.63) is 47.8 Å². The van der Waals surface area contributed by atoms with E-state index in [2.05, 4.69) is 20.8 Å². The molecule has 2 aromatic rings. The first-order valence-electron chi connectivity index (χ1n) is 6.95. The van der Waals surface area contributed by atoms with Crippen molar-refractivity contribution in [2.75, 3.05) is 18.4 Å². The molecule has 1 aliphatic heterocycles. The van der Waals surface area contributed by atoms with Crippen LogP contribution in [0.15, 0.2) is 36.5 Å². The fourth-order valence-corrected chi connectivity index (χ4v) is 2.59. The molecular weight excluding hydrogens is 252 g/mol. The number of benzene rings is 1. The molecule has 20 heavy (non-hydrogen) atoms. The molecular formula is C15H18N4O. The maximum Gasteiger partial charge on any atom is 0.255 e. The maximum atomic E-state index is 12.2. The number of nitrogens with zero attached hydrogens (tertiary/aromatic N) is 1. The van der Waals surface area contributed by atoms with Crippen molar-refractivity contribution in [3.63, 3.8) is 0 Å². The number of rotatable bonds is 3. The molecule has 1 aliphatic rings. The Labute approximate surface area is 117 Å². The van der Waals surface area contributed by atoms with Gasteiger partial charge >= 0.3 is 0 Å². The van der Waals surface area contributed by atoms with E-state index in [0.29, 0.717) is 11.5 Å². The van der Waals surface area contributed by atoms with Crippen LogP contribution in [0.2, 0.25) is 0 Å². The lowest BCUT2D eigenvalue weighted by Gasteiger charge is -2.22. The van der Waals surface area contributed by atoms with E-state index < -0.39 is 0 Å². The van der Waals surface area contributed by atoms with Crippen LogP contribution in [0.25, 0.3) is 0 Å². The van der Waals surface area contributed by atoms with Gasteiger partial charge in [0.1, 0.15) is 0 Å². The standard InChI is InChI=1S/C15H18N4O/c20-15(11-5-2-1-3-6-11)18-13-10-17-19-14(13)12-7-4-8-16-9-12/h1-3,5-6,10,12,16H,4,7-9H2,(H,17,19)(H,18,20)/t12-/m1/s1. The Hall–Kier alpha value is -2.14. The predicted molar refractivity (Wildman–Crippen MR) is 77.8 cm³/mol. The van der Waals surface area contributed by atoms with Crippen molar-refractivity contribution in [1.82, 2.24) is 15.5 Å². The maximum absolute atomic E-state index is 12.2. The lowest BCUT2D eigenvalue weighted by molar-refractivity contribution is 0.102.